The van der Waals surface area contributed by atoms with E-state index in [0.29, 0.717) is 11.8 Å². The van der Waals surface area contributed by atoms with Crippen LogP contribution in [0.5, 0.6) is 0 Å². The van der Waals surface area contributed by atoms with Crippen molar-refractivity contribution in [2.75, 3.05) is 25.4 Å². The minimum absolute atomic E-state index is 0. The van der Waals surface area contributed by atoms with Crippen LogP contribution < -0.4 is 5.73 Å². The lowest BCUT2D eigenvalue weighted by atomic mass is 10.1. The molecule has 2 N–H and O–H groups in total. The summed E-state index contributed by atoms with van der Waals surface area (Å²) in [4.78, 5) is 13.7. The SMILES string of the molecule is CC1CN(C(=O)C(C)CN)CCS1.Cl. The van der Waals surface area contributed by atoms with Crippen LogP contribution in [-0.2, 0) is 4.79 Å². The van der Waals surface area contributed by atoms with E-state index < -0.39 is 0 Å². The molecule has 14 heavy (non-hydrogen) atoms. The minimum atomic E-state index is -0.0182. The lowest BCUT2D eigenvalue weighted by molar-refractivity contribution is -0.134. The summed E-state index contributed by atoms with van der Waals surface area (Å²) in [5, 5.41) is 0.572. The van der Waals surface area contributed by atoms with Gasteiger partial charge in [0.25, 0.3) is 0 Å². The largest absolute Gasteiger partial charge is 0.341 e. The van der Waals surface area contributed by atoms with Gasteiger partial charge in [0.1, 0.15) is 0 Å². The maximum Gasteiger partial charge on any atom is 0.226 e. The molecular weight excluding hydrogens is 220 g/mol. The summed E-state index contributed by atoms with van der Waals surface area (Å²) in [5.74, 6) is 1.26. The molecule has 0 aromatic carbocycles. The zero-order valence-corrected chi connectivity index (χ0v) is 10.4. The number of hydrogen-bond acceptors (Lipinski definition) is 3. The summed E-state index contributed by atoms with van der Waals surface area (Å²) in [5.41, 5.74) is 5.46. The number of nitrogens with zero attached hydrogens (tertiary/aromatic N) is 1. The van der Waals surface area contributed by atoms with Gasteiger partial charge in [0.2, 0.25) is 5.91 Å². The molecule has 5 heteroatoms. The molecule has 0 aromatic heterocycles. The van der Waals surface area contributed by atoms with Crippen LogP contribution in [0.4, 0.5) is 0 Å². The fourth-order valence-electron chi connectivity index (χ4n) is 1.43. The van der Waals surface area contributed by atoms with Gasteiger partial charge >= 0.3 is 0 Å². The first-order valence-corrected chi connectivity index (χ1v) is 5.80. The van der Waals surface area contributed by atoms with E-state index in [1.807, 2.05) is 23.6 Å². The van der Waals surface area contributed by atoms with Gasteiger partial charge in [0.05, 0.1) is 0 Å². The number of hydrogen-bond donors (Lipinski definition) is 1. The number of rotatable bonds is 2. The highest BCUT2D eigenvalue weighted by atomic mass is 35.5. The number of carbonyl (C=O) groups is 1. The zero-order valence-electron chi connectivity index (χ0n) is 8.73. The van der Waals surface area contributed by atoms with Gasteiger partial charge in [-0.2, -0.15) is 11.8 Å². The first kappa shape index (κ1) is 14.1. The summed E-state index contributed by atoms with van der Waals surface area (Å²) in [6, 6.07) is 0. The van der Waals surface area contributed by atoms with Crippen LogP contribution in [-0.4, -0.2) is 41.4 Å². The van der Waals surface area contributed by atoms with Crippen molar-refractivity contribution in [2.45, 2.75) is 19.1 Å². The van der Waals surface area contributed by atoms with Gasteiger partial charge in [-0.1, -0.05) is 13.8 Å². The van der Waals surface area contributed by atoms with Crippen LogP contribution in [0, 0.1) is 5.92 Å². The monoisotopic (exact) mass is 238 g/mol. The van der Waals surface area contributed by atoms with Crippen LogP contribution in [0.2, 0.25) is 0 Å². The topological polar surface area (TPSA) is 46.3 Å². The molecule has 1 aliphatic heterocycles. The molecule has 0 saturated carbocycles. The molecule has 1 rings (SSSR count). The first-order chi connectivity index (χ1) is 6.15. The Kier molecular flexibility index (Phi) is 6.57. The fraction of sp³-hybridized carbons (Fsp3) is 0.889. The lowest BCUT2D eigenvalue weighted by Crippen LogP contribution is -2.44. The Morgan fingerprint density at radius 1 is 1.71 bits per heavy atom. The van der Waals surface area contributed by atoms with Crippen molar-refractivity contribution in [1.82, 2.24) is 4.90 Å². The lowest BCUT2D eigenvalue weighted by Gasteiger charge is -2.32. The molecule has 2 atom stereocenters. The molecular formula is C9H19ClN2OS. The Balaban J connectivity index is 0.00000169. The average molecular weight is 239 g/mol. The van der Waals surface area contributed by atoms with Crippen molar-refractivity contribution >= 4 is 30.1 Å². The summed E-state index contributed by atoms with van der Waals surface area (Å²) in [6.45, 7) is 6.29. The minimum Gasteiger partial charge on any atom is -0.341 e. The average Bonchev–Trinajstić information content (AvgIpc) is 2.15. The van der Waals surface area contributed by atoms with E-state index in [9.17, 15) is 4.79 Å². The van der Waals surface area contributed by atoms with Crippen LogP contribution in [0.3, 0.4) is 0 Å². The summed E-state index contributed by atoms with van der Waals surface area (Å²) >= 11 is 1.93. The van der Waals surface area contributed by atoms with Crippen molar-refractivity contribution < 1.29 is 4.79 Å². The second kappa shape index (κ2) is 6.53. The highest BCUT2D eigenvalue weighted by Gasteiger charge is 2.24. The number of halogens is 1. The third kappa shape index (κ3) is 3.67. The Hall–Kier alpha value is 0.0700. The van der Waals surface area contributed by atoms with Crippen molar-refractivity contribution in [3.63, 3.8) is 0 Å². The van der Waals surface area contributed by atoms with Crippen LogP contribution in [0.1, 0.15) is 13.8 Å². The highest BCUT2D eigenvalue weighted by Crippen LogP contribution is 2.18. The van der Waals surface area contributed by atoms with Crippen molar-refractivity contribution in [2.24, 2.45) is 11.7 Å². The summed E-state index contributed by atoms with van der Waals surface area (Å²) < 4.78 is 0. The third-order valence-electron chi connectivity index (χ3n) is 2.33. The smallest absolute Gasteiger partial charge is 0.226 e. The van der Waals surface area contributed by atoms with Gasteiger partial charge in [-0.05, 0) is 0 Å². The molecule has 1 heterocycles. The normalized spacial score (nSPS) is 23.9. The highest BCUT2D eigenvalue weighted by molar-refractivity contribution is 7.99. The van der Waals surface area contributed by atoms with E-state index in [1.165, 1.54) is 0 Å². The molecule has 1 fully saturated rings. The zero-order chi connectivity index (χ0) is 9.84. The predicted octanol–water partition coefficient (Wildman–Crippen LogP) is 0.967. The second-order valence-corrected chi connectivity index (χ2v) is 5.15. The Morgan fingerprint density at radius 2 is 2.36 bits per heavy atom. The number of thioether (sulfide) groups is 1. The Labute approximate surface area is 96.2 Å². The fourth-order valence-corrected chi connectivity index (χ4v) is 2.44. The molecule has 0 bridgehead atoms. The van der Waals surface area contributed by atoms with Crippen molar-refractivity contribution in [3.8, 4) is 0 Å². The molecule has 0 radical (unpaired) electrons. The summed E-state index contributed by atoms with van der Waals surface area (Å²) in [6.07, 6.45) is 0. The van der Waals surface area contributed by atoms with Gasteiger partial charge in [-0.3, -0.25) is 4.79 Å². The number of nitrogens with two attached hydrogens (primary N) is 1. The quantitative estimate of drug-likeness (QED) is 0.780. The van der Waals surface area contributed by atoms with Crippen LogP contribution in [0.15, 0.2) is 0 Å². The third-order valence-corrected chi connectivity index (χ3v) is 3.46. The molecule has 3 nitrogen and oxygen atoms in total. The van der Waals surface area contributed by atoms with Gasteiger partial charge in [-0.25, -0.2) is 0 Å². The number of carbonyl (C=O) groups excluding carboxylic acids is 1. The Bertz CT molecular complexity index is 192. The van der Waals surface area contributed by atoms with Gasteiger partial charge in [-0.15, -0.1) is 12.4 Å². The van der Waals surface area contributed by atoms with Gasteiger partial charge < -0.3 is 10.6 Å². The van der Waals surface area contributed by atoms with E-state index in [0.717, 1.165) is 18.8 Å². The Morgan fingerprint density at radius 3 is 2.86 bits per heavy atom. The van der Waals surface area contributed by atoms with Crippen molar-refractivity contribution in [3.05, 3.63) is 0 Å². The van der Waals surface area contributed by atoms with Crippen LogP contribution in [0.25, 0.3) is 0 Å². The molecule has 0 spiro atoms. The maximum atomic E-state index is 11.7. The van der Waals surface area contributed by atoms with E-state index in [2.05, 4.69) is 6.92 Å². The van der Waals surface area contributed by atoms with Crippen LogP contribution >= 0.6 is 24.2 Å². The maximum absolute atomic E-state index is 11.7. The molecule has 2 unspecified atom stereocenters. The molecule has 0 aromatic rings. The van der Waals surface area contributed by atoms with Gasteiger partial charge in [0, 0.05) is 36.6 Å². The van der Waals surface area contributed by atoms with E-state index in [-0.39, 0.29) is 24.2 Å². The predicted molar refractivity (Wildman–Crippen MR) is 64.0 cm³/mol. The van der Waals surface area contributed by atoms with E-state index in [1.54, 1.807) is 0 Å². The molecule has 1 amide bonds. The standard InChI is InChI=1S/C9H18N2OS.ClH/c1-7(5-10)9(12)11-3-4-13-8(2)6-11;/h7-8H,3-6,10H2,1-2H3;1H. The number of amides is 1. The molecule has 1 aliphatic rings. The second-order valence-electron chi connectivity index (χ2n) is 3.60. The van der Waals surface area contributed by atoms with E-state index >= 15 is 0 Å². The van der Waals surface area contributed by atoms with E-state index in [4.69, 9.17) is 5.73 Å². The van der Waals surface area contributed by atoms with Gasteiger partial charge in [0.15, 0.2) is 0 Å². The van der Waals surface area contributed by atoms with Crippen molar-refractivity contribution in [1.29, 1.82) is 0 Å². The summed E-state index contributed by atoms with van der Waals surface area (Å²) in [7, 11) is 0. The molecule has 1 saturated heterocycles. The molecule has 84 valence electrons. The first-order valence-electron chi connectivity index (χ1n) is 4.75. The molecule has 0 aliphatic carbocycles.